The van der Waals surface area contributed by atoms with Gasteiger partial charge in [0.2, 0.25) is 0 Å². The highest BCUT2D eigenvalue weighted by molar-refractivity contribution is 5.72. The molecule has 0 aliphatic heterocycles. The van der Waals surface area contributed by atoms with Crippen molar-refractivity contribution in [2.75, 3.05) is 0 Å². The summed E-state index contributed by atoms with van der Waals surface area (Å²) in [5, 5.41) is 20.2. The van der Waals surface area contributed by atoms with E-state index in [-0.39, 0.29) is 12.0 Å². The van der Waals surface area contributed by atoms with Gasteiger partial charge in [-0.1, -0.05) is 19.9 Å². The van der Waals surface area contributed by atoms with Crippen molar-refractivity contribution in [2.24, 2.45) is 0 Å². The molecule has 0 unspecified atom stereocenters. The zero-order valence-electron chi connectivity index (χ0n) is 12.9. The molecule has 0 spiro atoms. The molecule has 0 fully saturated rings. The number of phenols is 1. The normalized spacial score (nSPS) is 16.8. The van der Waals surface area contributed by atoms with Crippen LogP contribution in [-0.4, -0.2) is 10.2 Å². The fourth-order valence-electron chi connectivity index (χ4n) is 3.44. The molecule has 0 amide bonds. The first-order valence-electron chi connectivity index (χ1n) is 7.49. The number of aromatic hydroxyl groups is 1. The zero-order chi connectivity index (χ0) is 15.2. The first-order chi connectivity index (χ1) is 9.95. The van der Waals surface area contributed by atoms with Crippen LogP contribution in [0.15, 0.2) is 22.8 Å². The van der Waals surface area contributed by atoms with Crippen molar-refractivity contribution >= 4 is 0 Å². The van der Waals surface area contributed by atoms with Crippen LogP contribution in [0, 0.1) is 6.92 Å². The van der Waals surface area contributed by atoms with E-state index in [1.807, 2.05) is 13.0 Å². The quantitative estimate of drug-likeness (QED) is 0.875. The lowest BCUT2D eigenvalue weighted by Gasteiger charge is -2.33. The van der Waals surface area contributed by atoms with Crippen LogP contribution in [0.2, 0.25) is 0 Å². The Labute approximate surface area is 125 Å². The van der Waals surface area contributed by atoms with E-state index in [4.69, 9.17) is 4.42 Å². The first kappa shape index (κ1) is 14.2. The Morgan fingerprint density at radius 2 is 2.05 bits per heavy atom. The van der Waals surface area contributed by atoms with Crippen molar-refractivity contribution in [1.82, 2.24) is 0 Å². The maximum atomic E-state index is 10.7. The molecule has 0 radical (unpaired) electrons. The Morgan fingerprint density at radius 3 is 2.76 bits per heavy atom. The van der Waals surface area contributed by atoms with Crippen LogP contribution in [0.5, 0.6) is 5.75 Å². The number of benzene rings is 1. The Morgan fingerprint density at radius 1 is 1.29 bits per heavy atom. The number of rotatable bonds is 2. The number of hydrogen-bond acceptors (Lipinski definition) is 3. The third-order valence-corrected chi connectivity index (χ3v) is 4.75. The fraction of sp³-hybridized carbons (Fsp3) is 0.444. The molecule has 21 heavy (non-hydrogen) atoms. The van der Waals surface area contributed by atoms with Gasteiger partial charge in [0.25, 0.3) is 0 Å². The summed E-state index contributed by atoms with van der Waals surface area (Å²) in [6, 6.07) is 4.02. The highest BCUT2D eigenvalue weighted by Crippen LogP contribution is 2.45. The number of fused-ring (bicyclic) bond motifs is 1. The third kappa shape index (κ3) is 2.16. The van der Waals surface area contributed by atoms with Gasteiger partial charge in [-0.25, -0.2) is 0 Å². The number of aliphatic hydroxyl groups excluding tert-OH is 1. The monoisotopic (exact) mass is 286 g/mol. The van der Waals surface area contributed by atoms with Gasteiger partial charge in [-0.05, 0) is 54.4 Å². The van der Waals surface area contributed by atoms with Crippen LogP contribution < -0.4 is 0 Å². The minimum absolute atomic E-state index is 0.0836. The summed E-state index contributed by atoms with van der Waals surface area (Å²) < 4.78 is 5.58. The summed E-state index contributed by atoms with van der Waals surface area (Å²) in [7, 11) is 0. The van der Waals surface area contributed by atoms with E-state index in [1.165, 1.54) is 5.56 Å². The van der Waals surface area contributed by atoms with Crippen molar-refractivity contribution in [2.45, 2.75) is 52.1 Å². The van der Waals surface area contributed by atoms with Gasteiger partial charge in [-0.2, -0.15) is 0 Å². The molecule has 2 N–H and O–H groups in total. The molecule has 0 atom stereocenters. The van der Waals surface area contributed by atoms with Crippen LogP contribution in [0.1, 0.15) is 48.9 Å². The van der Waals surface area contributed by atoms with Gasteiger partial charge in [0, 0.05) is 5.56 Å². The van der Waals surface area contributed by atoms with E-state index in [1.54, 1.807) is 6.26 Å². The van der Waals surface area contributed by atoms with E-state index in [9.17, 15) is 10.2 Å². The van der Waals surface area contributed by atoms with Crippen molar-refractivity contribution in [1.29, 1.82) is 0 Å². The van der Waals surface area contributed by atoms with Crippen LogP contribution in [0.25, 0.3) is 11.3 Å². The molecule has 3 heteroatoms. The maximum Gasteiger partial charge on any atom is 0.143 e. The van der Waals surface area contributed by atoms with E-state index in [2.05, 4.69) is 19.9 Å². The van der Waals surface area contributed by atoms with Crippen LogP contribution in [0.3, 0.4) is 0 Å². The van der Waals surface area contributed by atoms with Crippen molar-refractivity contribution in [3.05, 3.63) is 40.6 Å². The molecule has 3 nitrogen and oxygen atoms in total. The Hall–Kier alpha value is -1.74. The topological polar surface area (TPSA) is 53.6 Å². The molecule has 1 aliphatic rings. The number of aliphatic hydroxyl groups is 1. The molecule has 0 saturated carbocycles. The third-order valence-electron chi connectivity index (χ3n) is 4.75. The maximum absolute atomic E-state index is 10.7. The SMILES string of the molecule is Cc1coc(-c2ccc3c(c2O)CCCC3(C)C)c1CO. The molecular formula is C18H22O3. The summed E-state index contributed by atoms with van der Waals surface area (Å²) >= 11 is 0. The van der Waals surface area contributed by atoms with E-state index in [0.717, 1.165) is 36.0 Å². The lowest BCUT2D eigenvalue weighted by atomic mass is 9.72. The first-order valence-corrected chi connectivity index (χ1v) is 7.49. The van der Waals surface area contributed by atoms with Crippen molar-refractivity contribution in [3.63, 3.8) is 0 Å². The summed E-state index contributed by atoms with van der Waals surface area (Å²) in [4.78, 5) is 0. The van der Waals surface area contributed by atoms with E-state index >= 15 is 0 Å². The zero-order valence-corrected chi connectivity index (χ0v) is 12.9. The smallest absolute Gasteiger partial charge is 0.143 e. The van der Waals surface area contributed by atoms with Gasteiger partial charge < -0.3 is 14.6 Å². The Bertz CT molecular complexity index is 680. The summed E-state index contributed by atoms with van der Waals surface area (Å²) in [5.41, 5.74) is 4.70. The number of aryl methyl sites for hydroxylation is 1. The van der Waals surface area contributed by atoms with Crippen molar-refractivity contribution < 1.29 is 14.6 Å². The number of hydrogen-bond donors (Lipinski definition) is 2. The van der Waals surface area contributed by atoms with Gasteiger partial charge in [0.05, 0.1) is 18.4 Å². The summed E-state index contributed by atoms with van der Waals surface area (Å²) in [6.07, 6.45) is 4.75. The molecule has 1 aromatic heterocycles. The second-order valence-electron chi connectivity index (χ2n) is 6.61. The van der Waals surface area contributed by atoms with Crippen molar-refractivity contribution in [3.8, 4) is 17.1 Å². The largest absolute Gasteiger partial charge is 0.507 e. The molecule has 2 aromatic rings. The Balaban J connectivity index is 2.18. The second-order valence-corrected chi connectivity index (χ2v) is 6.61. The predicted molar refractivity (Wildman–Crippen MR) is 82.4 cm³/mol. The van der Waals surface area contributed by atoms with Crippen LogP contribution in [-0.2, 0) is 18.4 Å². The number of phenolic OH excluding ortho intramolecular Hbond substituents is 1. The molecule has 1 aliphatic carbocycles. The molecule has 0 bridgehead atoms. The van der Waals surface area contributed by atoms with Crippen LogP contribution in [0.4, 0.5) is 0 Å². The minimum atomic E-state index is -0.0836. The fourth-order valence-corrected chi connectivity index (χ4v) is 3.44. The predicted octanol–water partition coefficient (Wildman–Crippen LogP) is 4.07. The van der Waals surface area contributed by atoms with Gasteiger partial charge in [-0.3, -0.25) is 0 Å². The molecule has 1 heterocycles. The molecular weight excluding hydrogens is 264 g/mol. The lowest BCUT2D eigenvalue weighted by Crippen LogP contribution is -2.23. The van der Waals surface area contributed by atoms with Gasteiger partial charge in [-0.15, -0.1) is 0 Å². The van der Waals surface area contributed by atoms with Gasteiger partial charge >= 0.3 is 0 Å². The average Bonchev–Trinajstić information content (AvgIpc) is 2.80. The lowest BCUT2D eigenvalue weighted by molar-refractivity contribution is 0.280. The van der Waals surface area contributed by atoms with Gasteiger partial charge in [0.1, 0.15) is 11.5 Å². The minimum Gasteiger partial charge on any atom is -0.507 e. The highest BCUT2D eigenvalue weighted by Gasteiger charge is 2.30. The van der Waals surface area contributed by atoms with E-state index < -0.39 is 0 Å². The standard InChI is InChI=1S/C18H22O3/c1-11-10-21-17(14(11)9-19)13-6-7-15-12(16(13)20)5-4-8-18(15,2)3/h6-7,10,19-20H,4-5,8-9H2,1-3H3. The van der Waals surface area contributed by atoms with E-state index in [0.29, 0.717) is 17.1 Å². The number of furan rings is 1. The molecule has 112 valence electrons. The summed E-state index contributed by atoms with van der Waals surface area (Å²) in [5.74, 6) is 0.892. The molecule has 1 aromatic carbocycles. The Kier molecular flexibility index (Phi) is 3.33. The second kappa shape index (κ2) is 4.92. The molecule has 0 saturated heterocycles. The highest BCUT2D eigenvalue weighted by atomic mass is 16.3. The average molecular weight is 286 g/mol. The summed E-state index contributed by atoms with van der Waals surface area (Å²) in [6.45, 7) is 6.26. The van der Waals surface area contributed by atoms with Gasteiger partial charge in [0.15, 0.2) is 0 Å². The molecule has 3 rings (SSSR count). The van der Waals surface area contributed by atoms with Crippen LogP contribution >= 0.6 is 0 Å².